The zero-order valence-electron chi connectivity index (χ0n) is 9.65. The van der Waals surface area contributed by atoms with Crippen molar-refractivity contribution >= 4 is 53.2 Å². The van der Waals surface area contributed by atoms with Crippen LogP contribution in [0.25, 0.3) is 0 Å². The van der Waals surface area contributed by atoms with Gasteiger partial charge in [-0.1, -0.05) is 35.3 Å². The summed E-state index contributed by atoms with van der Waals surface area (Å²) in [6.45, 7) is 0. The third-order valence-electron chi connectivity index (χ3n) is 2.33. The number of hydrogen-bond donors (Lipinski definition) is 3. The van der Waals surface area contributed by atoms with Crippen molar-refractivity contribution in [3.05, 3.63) is 52.5 Å². The number of halogens is 2. The minimum Gasteiger partial charge on any atom is -0.307 e. The van der Waals surface area contributed by atoms with Gasteiger partial charge in [0.05, 0.1) is 16.4 Å². The van der Waals surface area contributed by atoms with Crippen molar-refractivity contribution < 1.29 is 4.79 Å². The Kier molecular flexibility index (Phi) is 4.58. The van der Waals surface area contributed by atoms with Gasteiger partial charge in [-0.2, -0.15) is 0 Å². The van der Waals surface area contributed by atoms with Crippen molar-refractivity contribution in [3.63, 3.8) is 0 Å². The molecule has 0 unspecified atom stereocenters. The first-order valence-electron chi connectivity index (χ1n) is 5.37. The van der Waals surface area contributed by atoms with Crippen molar-refractivity contribution in [1.29, 1.82) is 0 Å². The van der Waals surface area contributed by atoms with E-state index in [1.165, 1.54) is 0 Å². The first kappa shape index (κ1) is 14.1. The summed E-state index contributed by atoms with van der Waals surface area (Å²) < 4.78 is 0. The van der Waals surface area contributed by atoms with E-state index in [0.29, 0.717) is 26.3 Å². The van der Waals surface area contributed by atoms with Gasteiger partial charge in [0.15, 0.2) is 0 Å². The van der Waals surface area contributed by atoms with E-state index in [4.69, 9.17) is 23.2 Å². The van der Waals surface area contributed by atoms with Crippen molar-refractivity contribution in [2.24, 2.45) is 0 Å². The molecule has 2 N–H and O–H groups in total. The van der Waals surface area contributed by atoms with Crippen LogP contribution in [0.1, 0.15) is 0 Å². The predicted octanol–water partition coefficient (Wildman–Crippen LogP) is 4.93. The van der Waals surface area contributed by atoms with Crippen molar-refractivity contribution in [3.8, 4) is 0 Å². The maximum absolute atomic E-state index is 11.8. The number of anilines is 2. The zero-order chi connectivity index (χ0) is 13.8. The molecule has 0 spiro atoms. The minimum atomic E-state index is -0.411. The fraction of sp³-hybridized carbons (Fsp3) is 0. The summed E-state index contributed by atoms with van der Waals surface area (Å²) >= 11 is 16.0. The molecule has 98 valence electrons. The van der Waals surface area contributed by atoms with Crippen molar-refractivity contribution in [1.82, 2.24) is 0 Å². The van der Waals surface area contributed by atoms with E-state index in [1.54, 1.807) is 30.3 Å². The second-order valence-electron chi connectivity index (χ2n) is 3.72. The van der Waals surface area contributed by atoms with Gasteiger partial charge in [-0.15, -0.1) is 12.6 Å². The highest BCUT2D eigenvalue weighted by molar-refractivity contribution is 7.80. The van der Waals surface area contributed by atoms with Crippen LogP contribution in [0.4, 0.5) is 16.2 Å². The molecule has 0 atom stereocenters. The van der Waals surface area contributed by atoms with Crippen LogP contribution in [0, 0.1) is 0 Å². The molecule has 0 aliphatic carbocycles. The number of amides is 2. The van der Waals surface area contributed by atoms with Gasteiger partial charge < -0.3 is 10.6 Å². The quantitative estimate of drug-likeness (QED) is 0.676. The second kappa shape index (κ2) is 6.19. The van der Waals surface area contributed by atoms with Crippen LogP contribution in [0.15, 0.2) is 47.4 Å². The van der Waals surface area contributed by atoms with E-state index >= 15 is 0 Å². The maximum Gasteiger partial charge on any atom is 0.323 e. The number of nitrogens with one attached hydrogen (secondary N) is 2. The Balaban J connectivity index is 2.10. The molecule has 0 fully saturated rings. The molecule has 3 nitrogen and oxygen atoms in total. The lowest BCUT2D eigenvalue weighted by molar-refractivity contribution is 0.262. The number of thiol groups is 1. The van der Waals surface area contributed by atoms with E-state index in [2.05, 4.69) is 23.3 Å². The number of hydrogen-bond acceptors (Lipinski definition) is 2. The summed E-state index contributed by atoms with van der Waals surface area (Å²) in [5, 5.41) is 6.21. The molecule has 2 amide bonds. The average molecular weight is 313 g/mol. The predicted molar refractivity (Wildman–Crippen MR) is 82.8 cm³/mol. The maximum atomic E-state index is 11.8. The summed E-state index contributed by atoms with van der Waals surface area (Å²) in [6, 6.07) is 11.6. The van der Waals surface area contributed by atoms with Gasteiger partial charge >= 0.3 is 6.03 Å². The van der Waals surface area contributed by atoms with E-state index < -0.39 is 6.03 Å². The topological polar surface area (TPSA) is 41.1 Å². The highest BCUT2D eigenvalue weighted by Crippen LogP contribution is 2.26. The molecule has 0 heterocycles. The van der Waals surface area contributed by atoms with Gasteiger partial charge in [-0.25, -0.2) is 4.79 Å². The Bertz CT molecular complexity index is 619. The molecule has 0 aliphatic heterocycles. The molecule has 19 heavy (non-hydrogen) atoms. The normalized spacial score (nSPS) is 10.1. The number of urea groups is 1. The van der Waals surface area contributed by atoms with Gasteiger partial charge in [-0.3, -0.25) is 0 Å². The van der Waals surface area contributed by atoms with Gasteiger partial charge in [0, 0.05) is 9.92 Å². The van der Waals surface area contributed by atoms with Gasteiger partial charge in [-0.05, 0) is 30.3 Å². The number of benzene rings is 2. The molecular formula is C13H10Cl2N2OS. The molecular weight excluding hydrogens is 303 g/mol. The largest absolute Gasteiger partial charge is 0.323 e. The second-order valence-corrected chi connectivity index (χ2v) is 5.05. The molecule has 2 aromatic carbocycles. The molecule has 2 rings (SSSR count). The number of carbonyl (C=O) groups excluding carboxylic acids is 1. The van der Waals surface area contributed by atoms with Crippen LogP contribution in [0.5, 0.6) is 0 Å². The fourth-order valence-electron chi connectivity index (χ4n) is 1.45. The van der Waals surface area contributed by atoms with Crippen LogP contribution in [0.2, 0.25) is 10.0 Å². The summed E-state index contributed by atoms with van der Waals surface area (Å²) in [7, 11) is 0. The molecule has 0 bridgehead atoms. The van der Waals surface area contributed by atoms with Gasteiger partial charge in [0.1, 0.15) is 0 Å². The molecule has 2 aromatic rings. The van der Waals surface area contributed by atoms with Crippen LogP contribution in [-0.2, 0) is 0 Å². The van der Waals surface area contributed by atoms with Gasteiger partial charge in [0.25, 0.3) is 0 Å². The lowest BCUT2D eigenvalue weighted by atomic mass is 10.3. The monoisotopic (exact) mass is 312 g/mol. The molecule has 0 aromatic heterocycles. The third kappa shape index (κ3) is 3.80. The molecule has 0 radical (unpaired) electrons. The number of carbonyl (C=O) groups is 1. The summed E-state index contributed by atoms with van der Waals surface area (Å²) in [6.07, 6.45) is 0. The Hall–Kier alpha value is -1.36. The number of rotatable bonds is 2. The summed E-state index contributed by atoms with van der Waals surface area (Å²) in [5.74, 6) is 0. The SMILES string of the molecule is O=C(Nc1ccccc1S)Nc1cc(Cl)ccc1Cl. The van der Waals surface area contributed by atoms with Crippen LogP contribution in [-0.4, -0.2) is 6.03 Å². The highest BCUT2D eigenvalue weighted by atomic mass is 35.5. The molecule has 0 saturated heterocycles. The van der Waals surface area contributed by atoms with E-state index in [9.17, 15) is 4.79 Å². The van der Waals surface area contributed by atoms with E-state index in [-0.39, 0.29) is 0 Å². The van der Waals surface area contributed by atoms with Crippen LogP contribution < -0.4 is 10.6 Å². The Labute approximate surface area is 126 Å². The standard InChI is InChI=1S/C13H10Cl2N2OS/c14-8-5-6-9(15)11(7-8)17-13(18)16-10-3-1-2-4-12(10)19/h1-7,19H,(H2,16,17,18). The zero-order valence-corrected chi connectivity index (χ0v) is 12.1. The highest BCUT2D eigenvalue weighted by Gasteiger charge is 2.07. The van der Waals surface area contributed by atoms with Crippen molar-refractivity contribution in [2.45, 2.75) is 4.90 Å². The molecule has 6 heteroatoms. The van der Waals surface area contributed by atoms with E-state index in [0.717, 1.165) is 0 Å². The van der Waals surface area contributed by atoms with Crippen LogP contribution in [0.3, 0.4) is 0 Å². The van der Waals surface area contributed by atoms with Crippen molar-refractivity contribution in [2.75, 3.05) is 10.6 Å². The number of para-hydroxylation sites is 1. The Morgan fingerprint density at radius 1 is 1.00 bits per heavy atom. The lowest BCUT2D eigenvalue weighted by Crippen LogP contribution is -2.19. The van der Waals surface area contributed by atoms with E-state index in [1.807, 2.05) is 12.1 Å². The minimum absolute atomic E-state index is 0.411. The van der Waals surface area contributed by atoms with Crippen LogP contribution >= 0.6 is 35.8 Å². The first-order valence-corrected chi connectivity index (χ1v) is 6.57. The fourth-order valence-corrected chi connectivity index (χ4v) is 2.00. The third-order valence-corrected chi connectivity index (χ3v) is 3.28. The lowest BCUT2D eigenvalue weighted by Gasteiger charge is -2.10. The smallest absolute Gasteiger partial charge is 0.307 e. The summed E-state index contributed by atoms with van der Waals surface area (Å²) in [4.78, 5) is 12.5. The van der Waals surface area contributed by atoms with Gasteiger partial charge in [0.2, 0.25) is 0 Å². The molecule has 0 aliphatic rings. The first-order chi connectivity index (χ1) is 9.06. The average Bonchev–Trinajstić information content (AvgIpc) is 2.37. The Morgan fingerprint density at radius 3 is 2.42 bits per heavy atom. The Morgan fingerprint density at radius 2 is 1.68 bits per heavy atom. The summed E-state index contributed by atoms with van der Waals surface area (Å²) in [5.41, 5.74) is 1.06. The molecule has 0 saturated carbocycles.